The van der Waals surface area contributed by atoms with Gasteiger partial charge in [-0.25, -0.2) is 9.67 Å². The van der Waals surface area contributed by atoms with E-state index in [9.17, 15) is 9.59 Å². The Morgan fingerprint density at radius 2 is 1.76 bits per heavy atom. The van der Waals surface area contributed by atoms with Gasteiger partial charge in [0.15, 0.2) is 5.65 Å². The lowest BCUT2D eigenvalue weighted by atomic mass is 10.1. The molecular formula is C25H25N5O3. The fraction of sp³-hybridized carbons (Fsp3) is 0.200. The van der Waals surface area contributed by atoms with E-state index in [2.05, 4.69) is 15.7 Å². The van der Waals surface area contributed by atoms with E-state index in [-0.39, 0.29) is 11.8 Å². The van der Waals surface area contributed by atoms with Gasteiger partial charge in [0.25, 0.3) is 11.8 Å². The summed E-state index contributed by atoms with van der Waals surface area (Å²) in [6.45, 7) is 3.37. The average Bonchev–Trinajstić information content (AvgIpc) is 3.27. The Balaban J connectivity index is 1.71. The Bertz CT molecular complexity index is 1280. The van der Waals surface area contributed by atoms with Crippen molar-refractivity contribution in [1.29, 1.82) is 0 Å². The molecule has 0 unspecified atom stereocenters. The summed E-state index contributed by atoms with van der Waals surface area (Å²) in [5.41, 5.74) is 3.44. The second-order valence-corrected chi connectivity index (χ2v) is 7.37. The zero-order chi connectivity index (χ0) is 23.2. The predicted octanol–water partition coefficient (Wildman–Crippen LogP) is 3.75. The number of carbonyl (C=O) groups is 2. The summed E-state index contributed by atoms with van der Waals surface area (Å²) in [7, 11) is 1.57. The number of benzene rings is 2. The average molecular weight is 444 g/mol. The van der Waals surface area contributed by atoms with Crippen molar-refractivity contribution in [2.24, 2.45) is 0 Å². The lowest BCUT2D eigenvalue weighted by Gasteiger charge is -2.13. The fourth-order valence-corrected chi connectivity index (χ4v) is 3.57. The van der Waals surface area contributed by atoms with Crippen LogP contribution >= 0.6 is 0 Å². The zero-order valence-electron chi connectivity index (χ0n) is 18.5. The minimum Gasteiger partial charge on any atom is -0.383 e. The minimum atomic E-state index is -0.340. The number of anilines is 1. The molecule has 0 saturated carbocycles. The molecule has 4 aromatic rings. The van der Waals surface area contributed by atoms with Crippen molar-refractivity contribution in [2.75, 3.05) is 25.6 Å². The van der Waals surface area contributed by atoms with E-state index in [0.29, 0.717) is 53.2 Å². The molecule has 0 bridgehead atoms. The maximum Gasteiger partial charge on any atom is 0.256 e. The lowest BCUT2D eigenvalue weighted by molar-refractivity contribution is 0.0938. The Morgan fingerprint density at radius 3 is 2.52 bits per heavy atom. The van der Waals surface area contributed by atoms with Crippen molar-refractivity contribution in [1.82, 2.24) is 20.1 Å². The highest BCUT2D eigenvalue weighted by molar-refractivity contribution is 6.14. The molecule has 168 valence electrons. The Kier molecular flexibility index (Phi) is 6.75. The number of amides is 2. The maximum atomic E-state index is 13.4. The van der Waals surface area contributed by atoms with Crippen LogP contribution in [0.5, 0.6) is 0 Å². The molecule has 2 N–H and O–H groups in total. The third-order valence-corrected chi connectivity index (χ3v) is 5.23. The normalized spacial score (nSPS) is 10.8. The van der Waals surface area contributed by atoms with Crippen LogP contribution in [-0.4, -0.2) is 46.8 Å². The number of ether oxygens (including phenoxy) is 1. The van der Waals surface area contributed by atoms with Crippen molar-refractivity contribution in [3.8, 4) is 11.3 Å². The van der Waals surface area contributed by atoms with E-state index < -0.39 is 0 Å². The van der Waals surface area contributed by atoms with Gasteiger partial charge in [0.2, 0.25) is 0 Å². The van der Waals surface area contributed by atoms with Crippen LogP contribution in [-0.2, 0) is 11.3 Å². The molecule has 33 heavy (non-hydrogen) atoms. The second-order valence-electron chi connectivity index (χ2n) is 7.37. The van der Waals surface area contributed by atoms with Crippen molar-refractivity contribution >= 4 is 28.5 Å². The first-order valence-corrected chi connectivity index (χ1v) is 10.7. The van der Waals surface area contributed by atoms with Crippen molar-refractivity contribution < 1.29 is 14.3 Å². The van der Waals surface area contributed by atoms with Gasteiger partial charge in [-0.3, -0.25) is 9.59 Å². The smallest absolute Gasteiger partial charge is 0.256 e. The van der Waals surface area contributed by atoms with Crippen LogP contribution in [0.1, 0.15) is 27.6 Å². The largest absolute Gasteiger partial charge is 0.383 e. The fourth-order valence-electron chi connectivity index (χ4n) is 3.57. The maximum absolute atomic E-state index is 13.4. The lowest BCUT2D eigenvalue weighted by Crippen LogP contribution is -2.28. The second kappa shape index (κ2) is 10.1. The van der Waals surface area contributed by atoms with Crippen LogP contribution in [0, 0.1) is 0 Å². The van der Waals surface area contributed by atoms with E-state index in [1.807, 2.05) is 37.3 Å². The van der Waals surface area contributed by atoms with Crippen LogP contribution < -0.4 is 10.6 Å². The number of hydrogen-bond acceptors (Lipinski definition) is 5. The molecule has 0 spiro atoms. The third-order valence-electron chi connectivity index (χ3n) is 5.23. The highest BCUT2D eigenvalue weighted by Gasteiger charge is 2.19. The molecular weight excluding hydrogens is 418 g/mol. The van der Waals surface area contributed by atoms with Gasteiger partial charge < -0.3 is 15.4 Å². The van der Waals surface area contributed by atoms with Crippen molar-refractivity contribution in [3.05, 3.63) is 78.0 Å². The summed E-state index contributed by atoms with van der Waals surface area (Å²) in [5, 5.41) is 10.7. The minimum absolute atomic E-state index is 0.286. The molecule has 0 aliphatic rings. The molecule has 2 heterocycles. The molecule has 0 saturated heterocycles. The number of rotatable bonds is 8. The molecule has 0 aliphatic heterocycles. The Labute approximate surface area is 191 Å². The van der Waals surface area contributed by atoms with E-state index in [1.54, 1.807) is 48.3 Å². The summed E-state index contributed by atoms with van der Waals surface area (Å²) in [4.78, 5) is 30.8. The number of aromatic nitrogens is 3. The summed E-state index contributed by atoms with van der Waals surface area (Å²) >= 11 is 0. The molecule has 2 aromatic carbocycles. The molecule has 4 rings (SSSR count). The molecule has 0 aliphatic carbocycles. The standard InChI is InChI=1S/C25H25N5O3/c1-3-30-23-20(16-27-30)19(15-22(28-23)17-9-5-4-6-10-17)25(32)29-21-12-8-7-11-18(21)24(31)26-13-14-33-2/h4-12,15-16H,3,13-14H2,1-2H3,(H,26,31)(H,29,32). The summed E-state index contributed by atoms with van der Waals surface area (Å²) < 4.78 is 6.74. The van der Waals surface area contributed by atoms with Gasteiger partial charge in [0, 0.05) is 25.8 Å². The molecule has 0 atom stereocenters. The van der Waals surface area contributed by atoms with Gasteiger partial charge in [-0.2, -0.15) is 5.10 Å². The monoisotopic (exact) mass is 443 g/mol. The first-order valence-electron chi connectivity index (χ1n) is 10.7. The molecule has 8 nitrogen and oxygen atoms in total. The predicted molar refractivity (Wildman–Crippen MR) is 127 cm³/mol. The number of para-hydroxylation sites is 1. The zero-order valence-corrected chi connectivity index (χ0v) is 18.5. The number of hydrogen-bond donors (Lipinski definition) is 2. The van der Waals surface area contributed by atoms with Crippen molar-refractivity contribution in [2.45, 2.75) is 13.5 Å². The van der Waals surface area contributed by atoms with E-state index in [0.717, 1.165) is 5.56 Å². The van der Waals surface area contributed by atoms with Crippen LogP contribution in [0.4, 0.5) is 5.69 Å². The molecule has 0 fully saturated rings. The van der Waals surface area contributed by atoms with Crippen LogP contribution in [0.2, 0.25) is 0 Å². The highest BCUT2D eigenvalue weighted by Crippen LogP contribution is 2.26. The molecule has 2 amide bonds. The van der Waals surface area contributed by atoms with Gasteiger partial charge in [-0.15, -0.1) is 0 Å². The van der Waals surface area contributed by atoms with Gasteiger partial charge in [-0.1, -0.05) is 42.5 Å². The van der Waals surface area contributed by atoms with Crippen LogP contribution in [0.25, 0.3) is 22.3 Å². The Morgan fingerprint density at radius 1 is 1.00 bits per heavy atom. The van der Waals surface area contributed by atoms with Gasteiger partial charge in [0.1, 0.15) is 0 Å². The number of methoxy groups -OCH3 is 1. The van der Waals surface area contributed by atoms with E-state index in [4.69, 9.17) is 9.72 Å². The first-order chi connectivity index (χ1) is 16.1. The first kappa shape index (κ1) is 22.2. The highest BCUT2D eigenvalue weighted by atomic mass is 16.5. The number of fused-ring (bicyclic) bond motifs is 1. The third kappa shape index (κ3) is 4.75. The van der Waals surface area contributed by atoms with E-state index in [1.165, 1.54) is 0 Å². The summed E-state index contributed by atoms with van der Waals surface area (Å²) in [6.07, 6.45) is 1.65. The van der Waals surface area contributed by atoms with Gasteiger partial charge in [-0.05, 0) is 25.1 Å². The topological polar surface area (TPSA) is 98.1 Å². The number of pyridine rings is 1. The van der Waals surface area contributed by atoms with Crippen molar-refractivity contribution in [3.63, 3.8) is 0 Å². The molecule has 2 aromatic heterocycles. The summed E-state index contributed by atoms with van der Waals surface area (Å²) in [6, 6.07) is 18.3. The quantitative estimate of drug-likeness (QED) is 0.404. The Hall–Kier alpha value is -4.04. The number of aryl methyl sites for hydroxylation is 1. The van der Waals surface area contributed by atoms with E-state index >= 15 is 0 Å². The molecule has 8 heteroatoms. The summed E-state index contributed by atoms with van der Waals surface area (Å²) in [5.74, 6) is -0.626. The van der Waals surface area contributed by atoms with Gasteiger partial charge in [0.05, 0.1) is 40.7 Å². The van der Waals surface area contributed by atoms with Crippen LogP contribution in [0.3, 0.4) is 0 Å². The number of nitrogens with one attached hydrogen (secondary N) is 2. The SMILES string of the molecule is CCn1ncc2c(C(=O)Nc3ccccc3C(=O)NCCOC)cc(-c3ccccc3)nc21. The number of nitrogens with zero attached hydrogens (tertiary/aromatic N) is 3. The van der Waals surface area contributed by atoms with Gasteiger partial charge >= 0.3 is 0 Å². The number of carbonyl (C=O) groups excluding carboxylic acids is 2. The molecule has 0 radical (unpaired) electrons. The van der Waals surface area contributed by atoms with Crippen LogP contribution in [0.15, 0.2) is 66.9 Å².